The van der Waals surface area contributed by atoms with Crippen molar-refractivity contribution in [2.75, 3.05) is 7.05 Å². The number of nitrogens with one attached hydrogen (secondary N) is 1. The molecule has 2 nitrogen and oxygen atoms in total. The third kappa shape index (κ3) is 2.78. The first-order valence-corrected chi connectivity index (χ1v) is 7.62. The molecule has 2 unspecified atom stereocenters. The highest BCUT2D eigenvalue weighted by molar-refractivity contribution is 7.16. The molecule has 2 heterocycles. The predicted molar refractivity (Wildman–Crippen MR) is 80.4 cm³/mol. The molecule has 1 N–H and O–H groups in total. The Morgan fingerprint density at radius 3 is 2.89 bits per heavy atom. The van der Waals surface area contributed by atoms with Crippen LogP contribution in [0.3, 0.4) is 0 Å². The highest BCUT2D eigenvalue weighted by Gasteiger charge is 2.29. The van der Waals surface area contributed by atoms with E-state index in [4.69, 9.17) is 16.3 Å². The van der Waals surface area contributed by atoms with Crippen LogP contribution in [0.1, 0.15) is 10.4 Å². The highest BCUT2D eigenvalue weighted by atomic mass is 35.5. The van der Waals surface area contributed by atoms with Gasteiger partial charge in [0.1, 0.15) is 11.9 Å². The van der Waals surface area contributed by atoms with Gasteiger partial charge in [0.2, 0.25) is 0 Å². The normalized spacial score (nSPS) is 18.9. The van der Waals surface area contributed by atoms with Gasteiger partial charge in [-0.15, -0.1) is 11.3 Å². The van der Waals surface area contributed by atoms with Gasteiger partial charge < -0.3 is 10.1 Å². The van der Waals surface area contributed by atoms with Crippen molar-refractivity contribution in [2.24, 2.45) is 0 Å². The SMILES string of the molecule is CNC(Cc1ccc(Cl)s1)C1Cc2ccccc2O1. The van der Waals surface area contributed by atoms with Crippen molar-refractivity contribution in [1.29, 1.82) is 0 Å². The van der Waals surface area contributed by atoms with Gasteiger partial charge in [-0.1, -0.05) is 29.8 Å². The number of rotatable bonds is 4. The molecule has 1 aromatic heterocycles. The lowest BCUT2D eigenvalue weighted by molar-refractivity contribution is 0.182. The molecule has 0 saturated carbocycles. The second kappa shape index (κ2) is 5.53. The summed E-state index contributed by atoms with van der Waals surface area (Å²) in [4.78, 5) is 1.30. The third-order valence-corrected chi connectivity index (χ3v) is 4.80. The van der Waals surface area contributed by atoms with Crippen LogP contribution in [0.5, 0.6) is 5.75 Å². The number of hydrogen-bond acceptors (Lipinski definition) is 3. The van der Waals surface area contributed by atoms with Crippen molar-refractivity contribution < 1.29 is 4.74 Å². The van der Waals surface area contributed by atoms with Crippen LogP contribution >= 0.6 is 22.9 Å². The van der Waals surface area contributed by atoms with Gasteiger partial charge in [-0.2, -0.15) is 0 Å². The summed E-state index contributed by atoms with van der Waals surface area (Å²) in [6, 6.07) is 12.6. The predicted octanol–water partition coefficient (Wildman–Crippen LogP) is 3.54. The summed E-state index contributed by atoms with van der Waals surface area (Å²) in [5.74, 6) is 1.02. The maximum atomic E-state index is 6.05. The van der Waals surface area contributed by atoms with Gasteiger partial charge in [-0.3, -0.25) is 0 Å². The van der Waals surface area contributed by atoms with Crippen molar-refractivity contribution in [3.8, 4) is 5.75 Å². The fraction of sp³-hybridized carbons (Fsp3) is 0.333. The number of hydrogen-bond donors (Lipinski definition) is 1. The van der Waals surface area contributed by atoms with Gasteiger partial charge in [-0.25, -0.2) is 0 Å². The van der Waals surface area contributed by atoms with Crippen molar-refractivity contribution in [2.45, 2.75) is 25.0 Å². The van der Waals surface area contributed by atoms with Crippen LogP contribution in [0.15, 0.2) is 36.4 Å². The number of ether oxygens (including phenoxy) is 1. The number of para-hydroxylation sites is 1. The lowest BCUT2D eigenvalue weighted by Crippen LogP contribution is -2.41. The van der Waals surface area contributed by atoms with Crippen molar-refractivity contribution >= 4 is 22.9 Å². The number of thiophene rings is 1. The fourth-order valence-electron chi connectivity index (χ4n) is 2.53. The van der Waals surface area contributed by atoms with Gasteiger partial charge in [0.15, 0.2) is 0 Å². The van der Waals surface area contributed by atoms with E-state index >= 15 is 0 Å². The lowest BCUT2D eigenvalue weighted by Gasteiger charge is -2.22. The van der Waals surface area contributed by atoms with Crippen LogP contribution in [-0.2, 0) is 12.8 Å². The van der Waals surface area contributed by atoms with Crippen LogP contribution < -0.4 is 10.1 Å². The Labute approximate surface area is 122 Å². The largest absolute Gasteiger partial charge is 0.488 e. The summed E-state index contributed by atoms with van der Waals surface area (Å²) in [5, 5.41) is 3.38. The van der Waals surface area contributed by atoms with Crippen LogP contribution in [0, 0.1) is 0 Å². The Morgan fingerprint density at radius 1 is 1.37 bits per heavy atom. The van der Waals surface area contributed by atoms with Crippen LogP contribution in [0.2, 0.25) is 4.34 Å². The molecule has 0 amide bonds. The van der Waals surface area contributed by atoms with E-state index in [1.165, 1.54) is 10.4 Å². The maximum absolute atomic E-state index is 6.05. The van der Waals surface area contributed by atoms with Crippen LogP contribution in [0.4, 0.5) is 0 Å². The average molecular weight is 294 g/mol. The van der Waals surface area contributed by atoms with E-state index in [0.29, 0.717) is 6.04 Å². The van der Waals surface area contributed by atoms with Gasteiger partial charge in [0.25, 0.3) is 0 Å². The van der Waals surface area contributed by atoms with E-state index in [1.807, 2.05) is 25.2 Å². The summed E-state index contributed by atoms with van der Waals surface area (Å²) < 4.78 is 6.90. The van der Waals surface area contributed by atoms with E-state index in [-0.39, 0.29) is 6.10 Å². The molecule has 1 aromatic carbocycles. The standard InChI is InChI=1S/C15H16ClNOS/c1-17-12(9-11-6-7-15(16)19-11)14-8-10-4-2-3-5-13(10)18-14/h2-7,12,14,17H,8-9H2,1H3. The molecule has 2 aromatic rings. The minimum atomic E-state index is 0.197. The Bertz CT molecular complexity index is 544. The monoisotopic (exact) mass is 293 g/mol. The van der Waals surface area contributed by atoms with Crippen molar-refractivity contribution in [3.05, 3.63) is 51.2 Å². The molecular weight excluding hydrogens is 278 g/mol. The van der Waals surface area contributed by atoms with Gasteiger partial charge in [0.05, 0.1) is 4.34 Å². The summed E-state index contributed by atoms with van der Waals surface area (Å²) >= 11 is 7.63. The Kier molecular flexibility index (Phi) is 3.78. The molecule has 1 aliphatic rings. The molecule has 0 spiro atoms. The first-order chi connectivity index (χ1) is 9.26. The minimum absolute atomic E-state index is 0.197. The Morgan fingerprint density at radius 2 is 2.21 bits per heavy atom. The number of benzene rings is 1. The molecule has 0 fully saturated rings. The number of halogens is 1. The van der Waals surface area contributed by atoms with Gasteiger partial charge in [-0.05, 0) is 30.8 Å². The van der Waals surface area contributed by atoms with Crippen molar-refractivity contribution in [3.63, 3.8) is 0 Å². The third-order valence-electron chi connectivity index (χ3n) is 3.54. The fourth-order valence-corrected chi connectivity index (χ4v) is 3.68. The topological polar surface area (TPSA) is 21.3 Å². The average Bonchev–Trinajstić information content (AvgIpc) is 3.01. The molecule has 0 saturated heterocycles. The van der Waals surface area contributed by atoms with E-state index < -0.39 is 0 Å². The molecule has 1 aliphatic heterocycles. The van der Waals surface area contributed by atoms with E-state index in [1.54, 1.807) is 11.3 Å². The Hall–Kier alpha value is -1.03. The number of fused-ring (bicyclic) bond motifs is 1. The summed E-state index contributed by atoms with van der Waals surface area (Å²) in [6.45, 7) is 0. The first kappa shape index (κ1) is 13.0. The second-order valence-corrected chi connectivity index (χ2v) is 6.57. The summed E-state index contributed by atoms with van der Waals surface area (Å²) in [7, 11) is 1.99. The van der Waals surface area contributed by atoms with Gasteiger partial charge >= 0.3 is 0 Å². The molecule has 0 radical (unpaired) electrons. The molecule has 100 valence electrons. The summed E-state index contributed by atoms with van der Waals surface area (Å²) in [5.41, 5.74) is 1.30. The zero-order valence-electron chi connectivity index (χ0n) is 10.7. The van der Waals surface area contributed by atoms with Gasteiger partial charge in [0, 0.05) is 23.8 Å². The molecule has 4 heteroatoms. The molecule has 0 aliphatic carbocycles. The second-order valence-electron chi connectivity index (χ2n) is 4.77. The van der Waals surface area contributed by atoms with Crippen molar-refractivity contribution in [1.82, 2.24) is 5.32 Å². The first-order valence-electron chi connectivity index (χ1n) is 6.42. The molecule has 2 atom stereocenters. The molecule has 3 rings (SSSR count). The number of likely N-dealkylation sites (N-methyl/N-ethyl adjacent to an activating group) is 1. The van der Waals surface area contributed by atoms with Crippen LogP contribution in [0.25, 0.3) is 0 Å². The molecule has 19 heavy (non-hydrogen) atoms. The minimum Gasteiger partial charge on any atom is -0.488 e. The van der Waals surface area contributed by atoms with Crippen LogP contribution in [-0.4, -0.2) is 19.2 Å². The maximum Gasteiger partial charge on any atom is 0.123 e. The zero-order chi connectivity index (χ0) is 13.2. The lowest BCUT2D eigenvalue weighted by atomic mass is 10.0. The smallest absolute Gasteiger partial charge is 0.123 e. The van der Waals surface area contributed by atoms with E-state index in [9.17, 15) is 0 Å². The Balaban J connectivity index is 1.71. The van der Waals surface area contributed by atoms with E-state index in [2.05, 4.69) is 23.5 Å². The molecular formula is C15H16ClNOS. The molecule has 0 bridgehead atoms. The zero-order valence-corrected chi connectivity index (χ0v) is 12.3. The summed E-state index contributed by atoms with van der Waals surface area (Å²) in [6.07, 6.45) is 2.12. The van der Waals surface area contributed by atoms with E-state index in [0.717, 1.165) is 22.9 Å². The highest BCUT2D eigenvalue weighted by Crippen LogP contribution is 2.31. The quantitative estimate of drug-likeness (QED) is 0.931.